The Morgan fingerprint density at radius 2 is 1.35 bits per heavy atom. The molecule has 3 unspecified atom stereocenters. The molecule has 0 aromatic carbocycles. The predicted molar refractivity (Wildman–Crippen MR) is 89.6 cm³/mol. The van der Waals surface area contributed by atoms with Crippen molar-refractivity contribution in [2.24, 2.45) is 29.2 Å². The molecule has 1 fully saturated rings. The molecule has 1 aliphatic carbocycles. The molecule has 120 valence electrons. The number of hydrogen-bond acceptors (Lipinski definition) is 2. The molecule has 1 aliphatic rings. The van der Waals surface area contributed by atoms with Crippen LogP contribution in [0.2, 0.25) is 0 Å². The van der Waals surface area contributed by atoms with E-state index in [0.717, 1.165) is 18.4 Å². The summed E-state index contributed by atoms with van der Waals surface area (Å²) in [5.74, 6) is 2.30. The Kier molecular flexibility index (Phi) is 9.54. The summed E-state index contributed by atoms with van der Waals surface area (Å²) < 4.78 is 0. The molecule has 0 heterocycles. The van der Waals surface area contributed by atoms with Crippen LogP contribution in [0, 0.1) is 17.8 Å². The monoisotopic (exact) mass is 282 g/mol. The first kappa shape index (κ1) is 18.0. The summed E-state index contributed by atoms with van der Waals surface area (Å²) in [7, 11) is 0. The first-order chi connectivity index (χ1) is 9.65. The van der Waals surface area contributed by atoms with Gasteiger partial charge in [0.1, 0.15) is 0 Å². The molecule has 0 saturated heterocycles. The van der Waals surface area contributed by atoms with Crippen molar-refractivity contribution < 1.29 is 0 Å². The molecular weight excluding hydrogens is 244 g/mol. The normalized spacial score (nSPS) is 24.0. The molecule has 2 nitrogen and oxygen atoms in total. The van der Waals surface area contributed by atoms with Crippen LogP contribution in [0.5, 0.6) is 0 Å². The number of nitrogens with two attached hydrogens (primary N) is 2. The van der Waals surface area contributed by atoms with Crippen molar-refractivity contribution in [1.29, 1.82) is 0 Å². The summed E-state index contributed by atoms with van der Waals surface area (Å²) >= 11 is 0. The van der Waals surface area contributed by atoms with E-state index in [0.29, 0.717) is 5.92 Å². The minimum absolute atomic E-state index is 0.247. The van der Waals surface area contributed by atoms with Gasteiger partial charge >= 0.3 is 0 Å². The van der Waals surface area contributed by atoms with Crippen LogP contribution in [0.4, 0.5) is 0 Å². The van der Waals surface area contributed by atoms with E-state index in [1.165, 1.54) is 70.6 Å². The average Bonchev–Trinajstić information content (AvgIpc) is 2.44. The standard InChI is InChI=1S/C18H38N2/c1-15(12-13-18(14-19)16(2)20)17-10-8-6-4-3-5-7-9-11-17/h15-18H,3-14,19-20H2,1-2H3. The molecule has 3 atom stereocenters. The SMILES string of the molecule is CC(N)C(CN)CCC(C)C1CCCCCCCCC1. The van der Waals surface area contributed by atoms with Crippen LogP contribution in [0.15, 0.2) is 0 Å². The van der Waals surface area contributed by atoms with Crippen molar-refractivity contribution in [2.45, 2.75) is 90.5 Å². The van der Waals surface area contributed by atoms with Gasteiger partial charge in [-0.2, -0.15) is 0 Å². The van der Waals surface area contributed by atoms with Gasteiger partial charge in [-0.3, -0.25) is 0 Å². The quantitative estimate of drug-likeness (QED) is 0.755. The lowest BCUT2D eigenvalue weighted by molar-refractivity contribution is 0.254. The summed E-state index contributed by atoms with van der Waals surface area (Å²) in [5.41, 5.74) is 11.9. The zero-order valence-electron chi connectivity index (χ0n) is 13.9. The third-order valence-corrected chi connectivity index (χ3v) is 5.49. The van der Waals surface area contributed by atoms with Gasteiger partial charge in [0, 0.05) is 6.04 Å². The lowest BCUT2D eigenvalue weighted by Crippen LogP contribution is -2.33. The molecule has 0 aromatic rings. The molecule has 0 bridgehead atoms. The van der Waals surface area contributed by atoms with Crippen molar-refractivity contribution in [1.82, 2.24) is 0 Å². The third-order valence-electron chi connectivity index (χ3n) is 5.49. The second-order valence-electron chi connectivity index (χ2n) is 7.22. The highest BCUT2D eigenvalue weighted by Crippen LogP contribution is 2.30. The molecule has 20 heavy (non-hydrogen) atoms. The van der Waals surface area contributed by atoms with Gasteiger partial charge in [0.05, 0.1) is 0 Å². The lowest BCUT2D eigenvalue weighted by Gasteiger charge is -2.27. The first-order valence-electron chi connectivity index (χ1n) is 9.10. The smallest absolute Gasteiger partial charge is 0.00508 e. The van der Waals surface area contributed by atoms with E-state index in [-0.39, 0.29) is 6.04 Å². The largest absolute Gasteiger partial charge is 0.330 e. The predicted octanol–water partition coefficient (Wildman–Crippen LogP) is 4.47. The van der Waals surface area contributed by atoms with Gasteiger partial charge in [-0.15, -0.1) is 0 Å². The van der Waals surface area contributed by atoms with Gasteiger partial charge in [-0.25, -0.2) is 0 Å². The first-order valence-corrected chi connectivity index (χ1v) is 9.10. The van der Waals surface area contributed by atoms with Crippen LogP contribution in [0.1, 0.15) is 84.5 Å². The summed E-state index contributed by atoms with van der Waals surface area (Å²) in [6.45, 7) is 5.31. The van der Waals surface area contributed by atoms with Crippen LogP contribution in [0.3, 0.4) is 0 Å². The van der Waals surface area contributed by atoms with Gasteiger partial charge in [0.25, 0.3) is 0 Å². The molecule has 0 aromatic heterocycles. The van der Waals surface area contributed by atoms with Crippen molar-refractivity contribution in [3.63, 3.8) is 0 Å². The summed E-state index contributed by atoms with van der Waals surface area (Å²) in [4.78, 5) is 0. The van der Waals surface area contributed by atoms with Crippen molar-refractivity contribution >= 4 is 0 Å². The Balaban J connectivity index is 2.35. The van der Waals surface area contributed by atoms with Gasteiger partial charge in [-0.05, 0) is 37.6 Å². The molecule has 1 rings (SSSR count). The average molecular weight is 283 g/mol. The molecule has 0 radical (unpaired) electrons. The van der Waals surface area contributed by atoms with Crippen molar-refractivity contribution in [3.05, 3.63) is 0 Å². The lowest BCUT2D eigenvalue weighted by atomic mass is 9.80. The van der Waals surface area contributed by atoms with Gasteiger partial charge in [0.2, 0.25) is 0 Å². The Labute approximate surface area is 127 Å². The van der Waals surface area contributed by atoms with Crippen LogP contribution in [0.25, 0.3) is 0 Å². The Hall–Kier alpha value is -0.0800. The Bertz CT molecular complexity index is 217. The molecule has 0 amide bonds. The van der Waals surface area contributed by atoms with Gasteiger partial charge in [0.15, 0.2) is 0 Å². The van der Waals surface area contributed by atoms with E-state index < -0.39 is 0 Å². The van der Waals surface area contributed by atoms with E-state index in [9.17, 15) is 0 Å². The van der Waals surface area contributed by atoms with E-state index in [1.807, 2.05) is 0 Å². The van der Waals surface area contributed by atoms with Crippen LogP contribution >= 0.6 is 0 Å². The maximum absolute atomic E-state index is 6.02. The van der Waals surface area contributed by atoms with E-state index in [1.54, 1.807) is 0 Å². The highest BCUT2D eigenvalue weighted by molar-refractivity contribution is 4.74. The van der Waals surface area contributed by atoms with Crippen LogP contribution in [-0.4, -0.2) is 12.6 Å². The molecule has 0 spiro atoms. The fraction of sp³-hybridized carbons (Fsp3) is 1.00. The molecule has 1 saturated carbocycles. The fourth-order valence-corrected chi connectivity index (χ4v) is 3.72. The van der Waals surface area contributed by atoms with Gasteiger partial charge in [-0.1, -0.05) is 71.1 Å². The minimum atomic E-state index is 0.247. The second-order valence-corrected chi connectivity index (χ2v) is 7.22. The summed E-state index contributed by atoms with van der Waals surface area (Å²) in [6, 6.07) is 0.247. The minimum Gasteiger partial charge on any atom is -0.330 e. The second kappa shape index (κ2) is 10.6. The summed E-state index contributed by atoms with van der Waals surface area (Å²) in [6.07, 6.45) is 15.6. The zero-order valence-corrected chi connectivity index (χ0v) is 13.9. The third kappa shape index (κ3) is 7.08. The zero-order chi connectivity index (χ0) is 14.8. The van der Waals surface area contributed by atoms with Crippen molar-refractivity contribution in [2.75, 3.05) is 6.54 Å². The maximum atomic E-state index is 6.02. The van der Waals surface area contributed by atoms with E-state index in [4.69, 9.17) is 11.5 Å². The highest BCUT2D eigenvalue weighted by atomic mass is 14.7. The molecule has 2 heteroatoms. The molecule has 4 N–H and O–H groups in total. The highest BCUT2D eigenvalue weighted by Gasteiger charge is 2.20. The van der Waals surface area contributed by atoms with Crippen LogP contribution in [-0.2, 0) is 0 Å². The number of rotatable bonds is 6. The molecular formula is C18H38N2. The Morgan fingerprint density at radius 3 is 1.80 bits per heavy atom. The Morgan fingerprint density at radius 1 is 0.850 bits per heavy atom. The summed E-state index contributed by atoms with van der Waals surface area (Å²) in [5, 5.41) is 0. The van der Waals surface area contributed by atoms with Crippen molar-refractivity contribution in [3.8, 4) is 0 Å². The maximum Gasteiger partial charge on any atom is 0.00508 e. The number of hydrogen-bond donors (Lipinski definition) is 2. The molecule has 0 aliphatic heterocycles. The fourth-order valence-electron chi connectivity index (χ4n) is 3.72. The van der Waals surface area contributed by atoms with E-state index in [2.05, 4.69) is 13.8 Å². The van der Waals surface area contributed by atoms with Crippen LogP contribution < -0.4 is 11.5 Å². The topological polar surface area (TPSA) is 52.0 Å². The van der Waals surface area contributed by atoms with E-state index >= 15 is 0 Å². The van der Waals surface area contributed by atoms with Gasteiger partial charge < -0.3 is 11.5 Å².